The van der Waals surface area contributed by atoms with E-state index in [4.69, 9.17) is 4.74 Å². The first-order valence-corrected chi connectivity index (χ1v) is 9.11. The molecule has 0 radical (unpaired) electrons. The molecular formula is C21H29FN2O. The van der Waals surface area contributed by atoms with Crippen LogP contribution in [0.4, 0.5) is 4.39 Å². The molecule has 2 aromatic rings. The number of hydrogen-bond donors (Lipinski definition) is 1. The number of ether oxygens (including phenoxy) is 1. The first-order chi connectivity index (χ1) is 12.2. The van der Waals surface area contributed by atoms with Gasteiger partial charge in [-0.15, -0.1) is 0 Å². The number of halogens is 1. The van der Waals surface area contributed by atoms with Gasteiger partial charge < -0.3 is 15.0 Å². The predicted octanol–water partition coefficient (Wildman–Crippen LogP) is 4.23. The standard InChI is InChI=1S/C21H29FN2O/c1-3-24(4-2)15-9-14-23-16-18-10-6-8-13-21(18)25-17-19-11-5-7-12-20(19)22/h5-8,10-13,23H,3-4,9,14-17H2,1-2H3. The van der Waals surface area contributed by atoms with E-state index in [0.717, 1.165) is 50.5 Å². The van der Waals surface area contributed by atoms with Gasteiger partial charge in [-0.2, -0.15) is 0 Å². The van der Waals surface area contributed by atoms with E-state index in [-0.39, 0.29) is 12.4 Å². The molecule has 3 nitrogen and oxygen atoms in total. The number of nitrogens with zero attached hydrogens (tertiary/aromatic N) is 1. The molecule has 0 aliphatic rings. The summed E-state index contributed by atoms with van der Waals surface area (Å²) in [7, 11) is 0. The van der Waals surface area contributed by atoms with Crippen molar-refractivity contribution in [2.75, 3.05) is 26.2 Å². The van der Waals surface area contributed by atoms with Gasteiger partial charge in [0, 0.05) is 17.7 Å². The molecule has 25 heavy (non-hydrogen) atoms. The van der Waals surface area contributed by atoms with Crippen LogP contribution in [0.1, 0.15) is 31.4 Å². The number of rotatable bonds is 11. The highest BCUT2D eigenvalue weighted by Gasteiger charge is 2.06. The fraction of sp³-hybridized carbons (Fsp3) is 0.429. The van der Waals surface area contributed by atoms with Gasteiger partial charge in [0.15, 0.2) is 0 Å². The van der Waals surface area contributed by atoms with Gasteiger partial charge in [-0.1, -0.05) is 50.2 Å². The Morgan fingerprint density at radius 2 is 1.64 bits per heavy atom. The van der Waals surface area contributed by atoms with Crippen molar-refractivity contribution in [1.29, 1.82) is 0 Å². The smallest absolute Gasteiger partial charge is 0.129 e. The van der Waals surface area contributed by atoms with Crippen LogP contribution < -0.4 is 10.1 Å². The van der Waals surface area contributed by atoms with E-state index in [1.807, 2.05) is 30.3 Å². The molecule has 0 saturated carbocycles. The van der Waals surface area contributed by atoms with Crippen LogP contribution in [0, 0.1) is 5.82 Å². The summed E-state index contributed by atoms with van der Waals surface area (Å²) in [5, 5.41) is 3.47. The summed E-state index contributed by atoms with van der Waals surface area (Å²) >= 11 is 0. The van der Waals surface area contributed by atoms with Crippen LogP contribution in [0.15, 0.2) is 48.5 Å². The summed E-state index contributed by atoms with van der Waals surface area (Å²) in [6.07, 6.45) is 1.12. The molecule has 2 rings (SSSR count). The molecule has 0 fully saturated rings. The molecular weight excluding hydrogens is 315 g/mol. The minimum Gasteiger partial charge on any atom is -0.488 e. The Morgan fingerprint density at radius 3 is 2.36 bits per heavy atom. The van der Waals surface area contributed by atoms with Crippen molar-refractivity contribution in [3.63, 3.8) is 0 Å². The molecule has 0 unspecified atom stereocenters. The largest absolute Gasteiger partial charge is 0.488 e. The number of para-hydroxylation sites is 1. The monoisotopic (exact) mass is 344 g/mol. The Hall–Kier alpha value is -1.91. The molecule has 0 spiro atoms. The Bertz CT molecular complexity index is 629. The van der Waals surface area contributed by atoms with Crippen molar-refractivity contribution in [1.82, 2.24) is 10.2 Å². The second kappa shape index (κ2) is 10.9. The minimum atomic E-state index is -0.227. The lowest BCUT2D eigenvalue weighted by molar-refractivity contribution is 0.293. The molecule has 0 atom stereocenters. The van der Waals surface area contributed by atoms with E-state index in [1.165, 1.54) is 6.07 Å². The van der Waals surface area contributed by atoms with E-state index in [2.05, 4.69) is 24.1 Å². The molecule has 0 aromatic heterocycles. The fourth-order valence-electron chi connectivity index (χ4n) is 2.75. The van der Waals surface area contributed by atoms with Crippen LogP contribution in [-0.4, -0.2) is 31.1 Å². The van der Waals surface area contributed by atoms with Crippen LogP contribution in [-0.2, 0) is 13.2 Å². The van der Waals surface area contributed by atoms with Gasteiger partial charge in [0.25, 0.3) is 0 Å². The van der Waals surface area contributed by atoms with Gasteiger partial charge in [-0.25, -0.2) is 4.39 Å². The summed E-state index contributed by atoms with van der Waals surface area (Å²) in [5.41, 5.74) is 1.67. The summed E-state index contributed by atoms with van der Waals surface area (Å²) in [4.78, 5) is 2.42. The highest BCUT2D eigenvalue weighted by Crippen LogP contribution is 2.20. The Balaban J connectivity index is 1.81. The highest BCUT2D eigenvalue weighted by molar-refractivity contribution is 5.33. The van der Waals surface area contributed by atoms with Gasteiger partial charge in [0.2, 0.25) is 0 Å². The molecule has 4 heteroatoms. The SMILES string of the molecule is CCN(CC)CCCNCc1ccccc1OCc1ccccc1F. The summed E-state index contributed by atoms with van der Waals surface area (Å²) in [5.74, 6) is 0.580. The average Bonchev–Trinajstić information content (AvgIpc) is 2.65. The summed E-state index contributed by atoms with van der Waals surface area (Å²) in [6.45, 7) is 9.67. The fourth-order valence-corrected chi connectivity index (χ4v) is 2.75. The summed E-state index contributed by atoms with van der Waals surface area (Å²) < 4.78 is 19.6. The Morgan fingerprint density at radius 1 is 0.960 bits per heavy atom. The van der Waals surface area contributed by atoms with Gasteiger partial charge in [-0.05, 0) is 44.7 Å². The number of hydrogen-bond acceptors (Lipinski definition) is 3. The molecule has 0 aliphatic carbocycles. The quantitative estimate of drug-likeness (QED) is 0.618. The highest BCUT2D eigenvalue weighted by atomic mass is 19.1. The van der Waals surface area contributed by atoms with Crippen LogP contribution >= 0.6 is 0 Å². The van der Waals surface area contributed by atoms with E-state index < -0.39 is 0 Å². The Kier molecular flexibility index (Phi) is 8.43. The van der Waals surface area contributed by atoms with Crippen LogP contribution in [0.25, 0.3) is 0 Å². The summed E-state index contributed by atoms with van der Waals surface area (Å²) in [6, 6.07) is 14.7. The van der Waals surface area contributed by atoms with Gasteiger partial charge in [0.1, 0.15) is 18.2 Å². The zero-order chi connectivity index (χ0) is 17.9. The molecule has 0 heterocycles. The zero-order valence-electron chi connectivity index (χ0n) is 15.3. The maximum Gasteiger partial charge on any atom is 0.129 e. The predicted molar refractivity (Wildman–Crippen MR) is 101 cm³/mol. The molecule has 136 valence electrons. The third-order valence-corrected chi connectivity index (χ3v) is 4.35. The van der Waals surface area contributed by atoms with Crippen molar-refractivity contribution >= 4 is 0 Å². The van der Waals surface area contributed by atoms with Gasteiger partial charge in [0.05, 0.1) is 0 Å². The first kappa shape index (κ1) is 19.4. The van der Waals surface area contributed by atoms with Crippen LogP contribution in [0.5, 0.6) is 5.75 Å². The zero-order valence-corrected chi connectivity index (χ0v) is 15.3. The lowest BCUT2D eigenvalue weighted by Gasteiger charge is -2.18. The number of benzene rings is 2. The van der Waals surface area contributed by atoms with Crippen molar-refractivity contribution in [3.05, 3.63) is 65.5 Å². The van der Waals surface area contributed by atoms with Crippen molar-refractivity contribution < 1.29 is 9.13 Å². The molecule has 0 amide bonds. The maximum absolute atomic E-state index is 13.7. The lowest BCUT2D eigenvalue weighted by Crippen LogP contribution is -2.27. The topological polar surface area (TPSA) is 24.5 Å². The average molecular weight is 344 g/mol. The molecule has 2 aromatic carbocycles. The molecule has 0 aliphatic heterocycles. The van der Waals surface area contributed by atoms with E-state index in [9.17, 15) is 4.39 Å². The third-order valence-electron chi connectivity index (χ3n) is 4.35. The van der Waals surface area contributed by atoms with Crippen molar-refractivity contribution in [2.45, 2.75) is 33.4 Å². The number of nitrogens with one attached hydrogen (secondary N) is 1. The van der Waals surface area contributed by atoms with Crippen molar-refractivity contribution in [3.8, 4) is 5.75 Å². The maximum atomic E-state index is 13.7. The van der Waals surface area contributed by atoms with Gasteiger partial charge >= 0.3 is 0 Å². The normalized spacial score (nSPS) is 11.0. The van der Waals surface area contributed by atoms with E-state index in [1.54, 1.807) is 12.1 Å². The molecule has 1 N–H and O–H groups in total. The Labute approximate surface area is 150 Å². The first-order valence-electron chi connectivity index (χ1n) is 9.11. The van der Waals surface area contributed by atoms with Gasteiger partial charge in [-0.3, -0.25) is 0 Å². The lowest BCUT2D eigenvalue weighted by atomic mass is 10.2. The van der Waals surface area contributed by atoms with E-state index in [0.29, 0.717) is 5.56 Å². The van der Waals surface area contributed by atoms with Crippen LogP contribution in [0.2, 0.25) is 0 Å². The minimum absolute atomic E-state index is 0.227. The molecule has 0 saturated heterocycles. The van der Waals surface area contributed by atoms with Crippen LogP contribution in [0.3, 0.4) is 0 Å². The second-order valence-electron chi connectivity index (χ2n) is 6.05. The second-order valence-corrected chi connectivity index (χ2v) is 6.05. The third kappa shape index (κ3) is 6.48. The molecule has 0 bridgehead atoms. The van der Waals surface area contributed by atoms with E-state index >= 15 is 0 Å². The van der Waals surface area contributed by atoms with Crippen molar-refractivity contribution in [2.24, 2.45) is 0 Å².